The molecule has 1 unspecified atom stereocenters. The molecule has 4 nitrogen and oxygen atoms in total. The maximum atomic E-state index is 9.47. The number of hydrogen-bond acceptors (Lipinski definition) is 3. The molecule has 1 atom stereocenters. The van der Waals surface area contributed by atoms with Gasteiger partial charge in [0.1, 0.15) is 0 Å². The number of aromatic nitrogens is 2. The minimum atomic E-state index is -0.167. The highest BCUT2D eigenvalue weighted by Crippen LogP contribution is 2.24. The van der Waals surface area contributed by atoms with E-state index in [1.54, 1.807) is 0 Å². The molecule has 0 aliphatic heterocycles. The summed E-state index contributed by atoms with van der Waals surface area (Å²) in [7, 11) is 0. The van der Waals surface area contributed by atoms with Crippen molar-refractivity contribution in [2.75, 3.05) is 6.61 Å². The number of nitrogens with zero attached hydrogens (tertiary/aromatic N) is 2. The van der Waals surface area contributed by atoms with E-state index in [0.29, 0.717) is 6.04 Å². The topological polar surface area (TPSA) is 50.1 Å². The van der Waals surface area contributed by atoms with Crippen molar-refractivity contribution in [3.8, 4) is 0 Å². The average molecular weight is 223 g/mol. The predicted molar refractivity (Wildman–Crippen MR) is 63.2 cm³/mol. The molecule has 1 aliphatic rings. The molecular weight excluding hydrogens is 202 g/mol. The van der Waals surface area contributed by atoms with Crippen LogP contribution in [0.4, 0.5) is 0 Å². The average Bonchev–Trinajstić information content (AvgIpc) is 2.97. The van der Waals surface area contributed by atoms with Gasteiger partial charge in [0.2, 0.25) is 0 Å². The highest BCUT2D eigenvalue weighted by Gasteiger charge is 2.31. The van der Waals surface area contributed by atoms with Gasteiger partial charge in [-0.15, -0.1) is 0 Å². The van der Waals surface area contributed by atoms with Crippen molar-refractivity contribution in [3.05, 3.63) is 18.0 Å². The summed E-state index contributed by atoms with van der Waals surface area (Å²) in [6, 6.07) is 2.63. The van der Waals surface area contributed by atoms with Gasteiger partial charge in [-0.05, 0) is 39.2 Å². The molecule has 0 spiro atoms. The van der Waals surface area contributed by atoms with Crippen LogP contribution in [0, 0.1) is 6.92 Å². The second-order valence-electron chi connectivity index (χ2n) is 5.08. The summed E-state index contributed by atoms with van der Waals surface area (Å²) in [6.45, 7) is 5.18. The SMILES string of the molecule is Cc1ccnn1CCC(C)(CO)NC1CC1. The van der Waals surface area contributed by atoms with Crippen molar-refractivity contribution in [2.45, 2.75) is 51.2 Å². The van der Waals surface area contributed by atoms with Gasteiger partial charge < -0.3 is 10.4 Å². The predicted octanol–water partition coefficient (Wildman–Crippen LogP) is 1.08. The molecule has 90 valence electrons. The summed E-state index contributed by atoms with van der Waals surface area (Å²) in [5, 5.41) is 17.2. The van der Waals surface area contributed by atoms with Gasteiger partial charge >= 0.3 is 0 Å². The number of aliphatic hydroxyl groups is 1. The Balaban J connectivity index is 1.88. The Morgan fingerprint density at radius 2 is 2.38 bits per heavy atom. The van der Waals surface area contributed by atoms with Crippen LogP contribution in [0.1, 0.15) is 31.9 Å². The smallest absolute Gasteiger partial charge is 0.0611 e. The monoisotopic (exact) mass is 223 g/mol. The first kappa shape index (κ1) is 11.6. The van der Waals surface area contributed by atoms with Crippen molar-refractivity contribution in [2.24, 2.45) is 0 Å². The van der Waals surface area contributed by atoms with Crippen molar-refractivity contribution >= 4 is 0 Å². The quantitative estimate of drug-likeness (QED) is 0.759. The zero-order valence-corrected chi connectivity index (χ0v) is 10.1. The lowest BCUT2D eigenvalue weighted by Crippen LogP contribution is -2.47. The Hall–Kier alpha value is -0.870. The molecule has 2 rings (SSSR count). The van der Waals surface area contributed by atoms with Crippen LogP contribution >= 0.6 is 0 Å². The van der Waals surface area contributed by atoms with E-state index in [1.165, 1.54) is 18.5 Å². The maximum Gasteiger partial charge on any atom is 0.0611 e. The van der Waals surface area contributed by atoms with E-state index in [4.69, 9.17) is 0 Å². The fourth-order valence-electron chi connectivity index (χ4n) is 1.90. The molecule has 0 bridgehead atoms. The highest BCUT2D eigenvalue weighted by atomic mass is 16.3. The fraction of sp³-hybridized carbons (Fsp3) is 0.750. The molecule has 1 aliphatic carbocycles. The Morgan fingerprint density at radius 1 is 1.62 bits per heavy atom. The number of nitrogens with one attached hydrogen (secondary N) is 1. The standard InChI is InChI=1S/C12H21N3O/c1-10-5-7-13-15(10)8-6-12(2,9-16)14-11-3-4-11/h5,7,11,14,16H,3-4,6,8-9H2,1-2H3. The highest BCUT2D eigenvalue weighted by molar-refractivity contribution is 4.97. The van der Waals surface area contributed by atoms with Crippen LogP contribution in [-0.2, 0) is 6.54 Å². The lowest BCUT2D eigenvalue weighted by molar-refractivity contribution is 0.157. The van der Waals surface area contributed by atoms with Gasteiger partial charge in [0.15, 0.2) is 0 Å². The second-order valence-corrected chi connectivity index (χ2v) is 5.08. The van der Waals surface area contributed by atoms with Crippen LogP contribution in [0.2, 0.25) is 0 Å². The lowest BCUT2D eigenvalue weighted by Gasteiger charge is -2.29. The molecule has 1 saturated carbocycles. The summed E-state index contributed by atoms with van der Waals surface area (Å²) in [6.07, 6.45) is 5.22. The first-order chi connectivity index (χ1) is 7.63. The normalized spacial score (nSPS) is 19.7. The molecule has 1 heterocycles. The van der Waals surface area contributed by atoms with Gasteiger partial charge in [-0.2, -0.15) is 5.10 Å². The molecule has 4 heteroatoms. The minimum Gasteiger partial charge on any atom is -0.394 e. The molecule has 1 aromatic heterocycles. The van der Waals surface area contributed by atoms with E-state index in [2.05, 4.69) is 24.3 Å². The molecule has 0 aromatic carbocycles. The summed E-state index contributed by atoms with van der Waals surface area (Å²) in [5.74, 6) is 0. The summed E-state index contributed by atoms with van der Waals surface area (Å²) >= 11 is 0. The van der Waals surface area contributed by atoms with Crippen LogP contribution in [0.5, 0.6) is 0 Å². The van der Waals surface area contributed by atoms with Crippen LogP contribution in [-0.4, -0.2) is 33.1 Å². The van der Waals surface area contributed by atoms with Crippen molar-refractivity contribution in [1.82, 2.24) is 15.1 Å². The zero-order valence-electron chi connectivity index (χ0n) is 10.1. The lowest BCUT2D eigenvalue weighted by atomic mass is 9.99. The van der Waals surface area contributed by atoms with E-state index < -0.39 is 0 Å². The molecule has 1 aromatic rings. The maximum absolute atomic E-state index is 9.47. The van der Waals surface area contributed by atoms with Gasteiger partial charge in [-0.3, -0.25) is 4.68 Å². The van der Waals surface area contributed by atoms with E-state index >= 15 is 0 Å². The molecule has 0 radical (unpaired) electrons. The van der Waals surface area contributed by atoms with Crippen LogP contribution in [0.15, 0.2) is 12.3 Å². The summed E-state index contributed by atoms with van der Waals surface area (Å²) in [4.78, 5) is 0. The number of aliphatic hydroxyl groups excluding tert-OH is 1. The fourth-order valence-corrected chi connectivity index (χ4v) is 1.90. The molecule has 16 heavy (non-hydrogen) atoms. The van der Waals surface area contributed by atoms with Crippen molar-refractivity contribution < 1.29 is 5.11 Å². The second kappa shape index (κ2) is 4.55. The van der Waals surface area contributed by atoms with Crippen LogP contribution in [0.3, 0.4) is 0 Å². The third-order valence-electron chi connectivity index (χ3n) is 3.28. The van der Waals surface area contributed by atoms with Gasteiger partial charge in [0.05, 0.1) is 6.61 Å². The van der Waals surface area contributed by atoms with Crippen molar-refractivity contribution in [1.29, 1.82) is 0 Å². The van der Waals surface area contributed by atoms with E-state index in [9.17, 15) is 5.11 Å². The van der Waals surface area contributed by atoms with Crippen molar-refractivity contribution in [3.63, 3.8) is 0 Å². The first-order valence-corrected chi connectivity index (χ1v) is 6.00. The molecule has 0 saturated heterocycles. The zero-order chi connectivity index (χ0) is 11.6. The largest absolute Gasteiger partial charge is 0.394 e. The Morgan fingerprint density at radius 3 is 2.88 bits per heavy atom. The van der Waals surface area contributed by atoms with E-state index in [0.717, 1.165) is 13.0 Å². The van der Waals surface area contributed by atoms with Gasteiger partial charge in [-0.1, -0.05) is 0 Å². The Bertz CT molecular complexity index is 346. The number of hydrogen-bond donors (Lipinski definition) is 2. The Kier molecular flexibility index (Phi) is 3.30. The van der Waals surface area contributed by atoms with Crippen LogP contribution in [0.25, 0.3) is 0 Å². The molecule has 2 N–H and O–H groups in total. The number of rotatable bonds is 6. The van der Waals surface area contributed by atoms with Gasteiger partial charge in [0.25, 0.3) is 0 Å². The molecule has 1 fully saturated rings. The summed E-state index contributed by atoms with van der Waals surface area (Å²) < 4.78 is 1.99. The first-order valence-electron chi connectivity index (χ1n) is 6.00. The number of aryl methyl sites for hydroxylation is 2. The molecule has 0 amide bonds. The van der Waals surface area contributed by atoms with Crippen LogP contribution < -0.4 is 5.32 Å². The third-order valence-corrected chi connectivity index (χ3v) is 3.28. The van der Waals surface area contributed by atoms with Gasteiger partial charge in [0, 0.05) is 30.0 Å². The summed E-state index contributed by atoms with van der Waals surface area (Å²) in [5.41, 5.74) is 1.01. The molecular formula is C12H21N3O. The minimum absolute atomic E-state index is 0.167. The van der Waals surface area contributed by atoms with E-state index in [-0.39, 0.29) is 12.1 Å². The van der Waals surface area contributed by atoms with E-state index in [1.807, 2.05) is 16.9 Å². The van der Waals surface area contributed by atoms with Gasteiger partial charge in [-0.25, -0.2) is 0 Å². The third kappa shape index (κ3) is 2.83. The Labute approximate surface area is 96.7 Å².